The third-order valence-electron chi connectivity index (χ3n) is 3.44. The molecule has 3 nitrogen and oxygen atoms in total. The van der Waals surface area contributed by atoms with Crippen LogP contribution < -0.4 is 5.32 Å². The van der Waals surface area contributed by atoms with E-state index in [1.807, 2.05) is 30.3 Å². The lowest BCUT2D eigenvalue weighted by Gasteiger charge is -2.20. The minimum absolute atomic E-state index is 0.189. The number of aromatic nitrogens is 2. The molecule has 0 amide bonds. The van der Waals surface area contributed by atoms with E-state index in [9.17, 15) is 4.39 Å². The molecule has 1 aliphatic heterocycles. The number of piperidine rings is 1. The Morgan fingerprint density at radius 1 is 1.17 bits per heavy atom. The van der Waals surface area contributed by atoms with Crippen molar-refractivity contribution in [2.45, 2.75) is 18.8 Å². The van der Waals surface area contributed by atoms with Gasteiger partial charge in [0.25, 0.3) is 0 Å². The quantitative estimate of drug-likeness (QED) is 0.881. The van der Waals surface area contributed by atoms with E-state index in [1.54, 1.807) is 4.68 Å². The maximum Gasteiger partial charge on any atom is 0.165 e. The van der Waals surface area contributed by atoms with E-state index in [0.29, 0.717) is 5.69 Å². The summed E-state index contributed by atoms with van der Waals surface area (Å²) in [6, 6.07) is 9.66. The highest BCUT2D eigenvalue weighted by Gasteiger charge is 2.22. The van der Waals surface area contributed by atoms with Crippen LogP contribution in [0, 0.1) is 5.82 Å². The van der Waals surface area contributed by atoms with Gasteiger partial charge < -0.3 is 5.32 Å². The Bertz CT molecular complexity index is 515. The SMILES string of the molecule is Fc1cn(-c2ccccc2)nc1C1CCNCC1. The number of nitrogens with one attached hydrogen (secondary N) is 1. The summed E-state index contributed by atoms with van der Waals surface area (Å²) in [6.45, 7) is 1.89. The van der Waals surface area contributed by atoms with Crippen molar-refractivity contribution in [3.8, 4) is 5.69 Å². The maximum absolute atomic E-state index is 14.0. The van der Waals surface area contributed by atoms with Crippen LogP contribution in [0.25, 0.3) is 5.69 Å². The monoisotopic (exact) mass is 245 g/mol. The second-order valence-electron chi connectivity index (χ2n) is 4.67. The van der Waals surface area contributed by atoms with E-state index in [2.05, 4.69) is 10.4 Å². The summed E-state index contributed by atoms with van der Waals surface area (Å²) in [5, 5.41) is 7.70. The highest BCUT2D eigenvalue weighted by Crippen LogP contribution is 2.26. The van der Waals surface area contributed by atoms with Gasteiger partial charge in [0.15, 0.2) is 5.82 Å². The minimum atomic E-state index is -0.189. The zero-order valence-corrected chi connectivity index (χ0v) is 10.1. The molecule has 18 heavy (non-hydrogen) atoms. The zero-order chi connectivity index (χ0) is 12.4. The zero-order valence-electron chi connectivity index (χ0n) is 10.1. The van der Waals surface area contributed by atoms with Crippen molar-refractivity contribution < 1.29 is 4.39 Å². The highest BCUT2D eigenvalue weighted by atomic mass is 19.1. The van der Waals surface area contributed by atoms with E-state index in [-0.39, 0.29) is 11.7 Å². The number of hydrogen-bond donors (Lipinski definition) is 1. The fourth-order valence-electron chi connectivity index (χ4n) is 2.45. The minimum Gasteiger partial charge on any atom is -0.317 e. The van der Waals surface area contributed by atoms with Gasteiger partial charge in [-0.2, -0.15) is 5.10 Å². The van der Waals surface area contributed by atoms with Crippen molar-refractivity contribution in [3.05, 3.63) is 48.0 Å². The molecule has 1 saturated heterocycles. The molecule has 1 aromatic heterocycles. The Hall–Kier alpha value is -1.68. The first kappa shape index (κ1) is 11.4. The van der Waals surface area contributed by atoms with Crippen LogP contribution in [0.4, 0.5) is 4.39 Å². The molecule has 0 bridgehead atoms. The summed E-state index contributed by atoms with van der Waals surface area (Å²) in [7, 11) is 0. The van der Waals surface area contributed by atoms with Crippen molar-refractivity contribution in [1.82, 2.24) is 15.1 Å². The third kappa shape index (κ3) is 2.16. The van der Waals surface area contributed by atoms with Gasteiger partial charge in [0, 0.05) is 5.92 Å². The largest absolute Gasteiger partial charge is 0.317 e. The molecule has 1 aliphatic rings. The first-order valence-electron chi connectivity index (χ1n) is 6.36. The van der Waals surface area contributed by atoms with Crippen molar-refractivity contribution in [2.24, 2.45) is 0 Å². The summed E-state index contributed by atoms with van der Waals surface area (Å²) in [4.78, 5) is 0. The molecule has 2 aromatic rings. The number of benzene rings is 1. The normalized spacial score (nSPS) is 16.9. The van der Waals surface area contributed by atoms with Gasteiger partial charge in [-0.15, -0.1) is 0 Å². The molecular formula is C14H16FN3. The fraction of sp³-hybridized carbons (Fsp3) is 0.357. The van der Waals surface area contributed by atoms with Crippen molar-refractivity contribution in [1.29, 1.82) is 0 Å². The molecule has 1 aromatic carbocycles. The van der Waals surface area contributed by atoms with E-state index in [4.69, 9.17) is 0 Å². The molecule has 2 heterocycles. The average molecular weight is 245 g/mol. The molecule has 0 saturated carbocycles. The van der Waals surface area contributed by atoms with Gasteiger partial charge in [-0.05, 0) is 38.1 Å². The predicted octanol–water partition coefficient (Wildman–Crippen LogP) is 2.48. The molecule has 1 fully saturated rings. The Labute approximate surface area is 106 Å². The van der Waals surface area contributed by atoms with Crippen molar-refractivity contribution >= 4 is 0 Å². The van der Waals surface area contributed by atoms with Gasteiger partial charge in [-0.25, -0.2) is 9.07 Å². The Morgan fingerprint density at radius 3 is 2.61 bits per heavy atom. The topological polar surface area (TPSA) is 29.9 Å². The molecule has 94 valence electrons. The van der Waals surface area contributed by atoms with Crippen molar-refractivity contribution in [2.75, 3.05) is 13.1 Å². The smallest absolute Gasteiger partial charge is 0.165 e. The van der Waals surface area contributed by atoms with Crippen molar-refractivity contribution in [3.63, 3.8) is 0 Å². The molecular weight excluding hydrogens is 229 g/mol. The Balaban J connectivity index is 1.91. The van der Waals surface area contributed by atoms with Crippen LogP contribution in [0.3, 0.4) is 0 Å². The van der Waals surface area contributed by atoms with Gasteiger partial charge in [0.1, 0.15) is 5.69 Å². The maximum atomic E-state index is 14.0. The first-order chi connectivity index (χ1) is 8.84. The van der Waals surface area contributed by atoms with E-state index >= 15 is 0 Å². The average Bonchev–Trinajstić information content (AvgIpc) is 2.83. The molecule has 0 unspecified atom stereocenters. The summed E-state index contributed by atoms with van der Waals surface area (Å²) >= 11 is 0. The van der Waals surface area contributed by atoms with Crippen LogP contribution in [0.2, 0.25) is 0 Å². The molecule has 4 heteroatoms. The Kier molecular flexibility index (Phi) is 3.11. The highest BCUT2D eigenvalue weighted by molar-refractivity contribution is 5.31. The van der Waals surface area contributed by atoms with Gasteiger partial charge in [0.05, 0.1) is 11.9 Å². The van der Waals surface area contributed by atoms with E-state index in [0.717, 1.165) is 31.6 Å². The van der Waals surface area contributed by atoms with Gasteiger partial charge in [-0.1, -0.05) is 18.2 Å². The summed E-state index contributed by atoms with van der Waals surface area (Å²) < 4.78 is 15.6. The molecule has 0 atom stereocenters. The van der Waals surface area contributed by atoms with Crippen LogP contribution in [0.5, 0.6) is 0 Å². The second-order valence-corrected chi connectivity index (χ2v) is 4.67. The molecule has 0 spiro atoms. The first-order valence-corrected chi connectivity index (χ1v) is 6.36. The van der Waals surface area contributed by atoms with Gasteiger partial charge >= 0.3 is 0 Å². The van der Waals surface area contributed by atoms with E-state index < -0.39 is 0 Å². The standard InChI is InChI=1S/C14H16FN3/c15-13-10-18(12-4-2-1-3-5-12)17-14(13)11-6-8-16-9-7-11/h1-5,10-11,16H,6-9H2. The number of nitrogens with zero attached hydrogens (tertiary/aromatic N) is 2. The second kappa shape index (κ2) is 4.90. The Morgan fingerprint density at radius 2 is 1.89 bits per heavy atom. The van der Waals surface area contributed by atoms with Gasteiger partial charge in [-0.3, -0.25) is 0 Å². The molecule has 0 aliphatic carbocycles. The summed E-state index contributed by atoms with van der Waals surface area (Å²) in [6.07, 6.45) is 3.40. The van der Waals surface area contributed by atoms with Crippen LogP contribution in [-0.2, 0) is 0 Å². The van der Waals surface area contributed by atoms with E-state index in [1.165, 1.54) is 6.20 Å². The fourth-order valence-corrected chi connectivity index (χ4v) is 2.45. The van der Waals surface area contributed by atoms with Gasteiger partial charge in [0.2, 0.25) is 0 Å². The summed E-state index contributed by atoms with van der Waals surface area (Å²) in [5.74, 6) is 0.0574. The summed E-state index contributed by atoms with van der Waals surface area (Å²) in [5.41, 5.74) is 1.51. The number of rotatable bonds is 2. The third-order valence-corrected chi connectivity index (χ3v) is 3.44. The molecule has 3 rings (SSSR count). The lowest BCUT2D eigenvalue weighted by molar-refractivity contribution is 0.437. The predicted molar refractivity (Wildman–Crippen MR) is 68.4 cm³/mol. The number of halogens is 1. The lowest BCUT2D eigenvalue weighted by atomic mass is 9.95. The molecule has 1 N–H and O–H groups in total. The number of para-hydroxylation sites is 1. The number of hydrogen-bond acceptors (Lipinski definition) is 2. The van der Waals surface area contributed by atoms with Crippen LogP contribution in [-0.4, -0.2) is 22.9 Å². The van der Waals surface area contributed by atoms with Crippen LogP contribution >= 0.6 is 0 Å². The van der Waals surface area contributed by atoms with Crippen LogP contribution in [0.15, 0.2) is 36.5 Å². The molecule has 0 radical (unpaired) electrons. The van der Waals surface area contributed by atoms with Crippen LogP contribution in [0.1, 0.15) is 24.5 Å². The lowest BCUT2D eigenvalue weighted by Crippen LogP contribution is -2.27.